The predicted octanol–water partition coefficient (Wildman–Crippen LogP) is 2.46. The standard InChI is InChI=1S/C22H30N4O3S.HI/c1-23-22(24-15-13-18-9-11-20(12-10-18)30(3,28)29)25-16-14-21(27)26(2)17-19-7-5-4-6-8-19;/h4-12H,13-17H2,1-3H3,(H2,23,24,25);1H. The summed E-state index contributed by atoms with van der Waals surface area (Å²) >= 11 is 0. The van der Waals surface area contributed by atoms with Crippen LogP contribution in [0.25, 0.3) is 0 Å². The summed E-state index contributed by atoms with van der Waals surface area (Å²) in [4.78, 5) is 18.5. The third-order valence-electron chi connectivity index (χ3n) is 4.60. The van der Waals surface area contributed by atoms with Gasteiger partial charge in [-0.1, -0.05) is 42.5 Å². The molecule has 170 valence electrons. The van der Waals surface area contributed by atoms with Crippen LogP contribution in [-0.2, 0) is 27.6 Å². The van der Waals surface area contributed by atoms with Crippen LogP contribution in [0.2, 0.25) is 0 Å². The molecular formula is C22H31IN4O3S. The van der Waals surface area contributed by atoms with E-state index in [2.05, 4.69) is 15.6 Å². The van der Waals surface area contributed by atoms with Crippen molar-refractivity contribution in [2.45, 2.75) is 24.3 Å². The first-order valence-electron chi connectivity index (χ1n) is 9.81. The molecule has 0 aliphatic rings. The number of hydrogen-bond donors (Lipinski definition) is 2. The highest BCUT2D eigenvalue weighted by molar-refractivity contribution is 14.0. The highest BCUT2D eigenvalue weighted by Crippen LogP contribution is 2.10. The number of benzene rings is 2. The van der Waals surface area contributed by atoms with Gasteiger partial charge in [-0.25, -0.2) is 8.42 Å². The lowest BCUT2D eigenvalue weighted by atomic mass is 10.1. The zero-order valence-electron chi connectivity index (χ0n) is 18.2. The molecule has 2 aromatic carbocycles. The Labute approximate surface area is 202 Å². The Bertz CT molecular complexity index is 948. The second-order valence-electron chi connectivity index (χ2n) is 7.08. The van der Waals surface area contributed by atoms with Crippen LogP contribution < -0.4 is 10.6 Å². The minimum absolute atomic E-state index is 0. The van der Waals surface area contributed by atoms with Crippen LogP contribution in [0, 0.1) is 0 Å². The van der Waals surface area contributed by atoms with Crippen molar-refractivity contribution in [2.24, 2.45) is 4.99 Å². The molecule has 2 aromatic rings. The van der Waals surface area contributed by atoms with E-state index in [1.54, 1.807) is 31.1 Å². The molecule has 0 radical (unpaired) electrons. The summed E-state index contributed by atoms with van der Waals surface area (Å²) in [5, 5.41) is 6.35. The van der Waals surface area contributed by atoms with Crippen LogP contribution in [0.15, 0.2) is 64.5 Å². The summed E-state index contributed by atoms with van der Waals surface area (Å²) in [5.41, 5.74) is 2.13. The monoisotopic (exact) mass is 558 g/mol. The number of nitrogens with zero attached hydrogens (tertiary/aromatic N) is 2. The summed E-state index contributed by atoms with van der Waals surface area (Å²) in [7, 11) is 0.309. The third kappa shape index (κ3) is 9.69. The molecule has 7 nitrogen and oxygen atoms in total. The summed E-state index contributed by atoms with van der Waals surface area (Å²) < 4.78 is 23.0. The van der Waals surface area contributed by atoms with Gasteiger partial charge in [0.1, 0.15) is 0 Å². The average Bonchev–Trinajstić information content (AvgIpc) is 2.73. The highest BCUT2D eigenvalue weighted by Gasteiger charge is 2.09. The number of hydrogen-bond acceptors (Lipinski definition) is 4. The van der Waals surface area contributed by atoms with Crippen molar-refractivity contribution >= 4 is 45.7 Å². The van der Waals surface area contributed by atoms with Crippen molar-refractivity contribution in [2.75, 3.05) is 33.4 Å². The molecule has 0 atom stereocenters. The summed E-state index contributed by atoms with van der Waals surface area (Å²) in [6, 6.07) is 16.8. The first kappa shape index (κ1) is 26.9. The largest absolute Gasteiger partial charge is 0.356 e. The van der Waals surface area contributed by atoms with Crippen LogP contribution in [0.3, 0.4) is 0 Å². The number of carbonyl (C=O) groups excluding carboxylic acids is 1. The molecule has 2 rings (SSSR count). The van der Waals surface area contributed by atoms with Crippen molar-refractivity contribution in [3.05, 3.63) is 65.7 Å². The summed E-state index contributed by atoms with van der Waals surface area (Å²) in [6.45, 7) is 1.71. The molecule has 0 aliphatic carbocycles. The zero-order chi connectivity index (χ0) is 22.0. The Morgan fingerprint density at radius 1 is 0.968 bits per heavy atom. The highest BCUT2D eigenvalue weighted by atomic mass is 127. The second-order valence-corrected chi connectivity index (χ2v) is 9.09. The normalized spacial score (nSPS) is 11.4. The van der Waals surface area contributed by atoms with Gasteiger partial charge in [0.05, 0.1) is 4.90 Å². The quantitative estimate of drug-likeness (QED) is 0.281. The second kappa shape index (κ2) is 13.3. The molecular weight excluding hydrogens is 527 g/mol. The number of halogens is 1. The predicted molar refractivity (Wildman–Crippen MR) is 136 cm³/mol. The average molecular weight is 558 g/mol. The molecule has 0 unspecified atom stereocenters. The maximum Gasteiger partial charge on any atom is 0.224 e. The maximum atomic E-state index is 12.3. The molecule has 0 heterocycles. The van der Waals surface area contributed by atoms with Gasteiger partial charge in [-0.15, -0.1) is 24.0 Å². The van der Waals surface area contributed by atoms with E-state index in [-0.39, 0.29) is 29.9 Å². The fourth-order valence-electron chi connectivity index (χ4n) is 2.87. The molecule has 9 heteroatoms. The molecule has 31 heavy (non-hydrogen) atoms. The SMILES string of the molecule is CN=C(NCCC(=O)N(C)Cc1ccccc1)NCCc1ccc(S(C)(=O)=O)cc1.I. The number of guanidine groups is 1. The van der Waals surface area contributed by atoms with E-state index < -0.39 is 9.84 Å². The Morgan fingerprint density at radius 3 is 2.16 bits per heavy atom. The minimum Gasteiger partial charge on any atom is -0.356 e. The van der Waals surface area contributed by atoms with Crippen molar-refractivity contribution in [3.63, 3.8) is 0 Å². The Morgan fingerprint density at radius 2 is 1.58 bits per heavy atom. The molecule has 0 aliphatic heterocycles. The first-order chi connectivity index (χ1) is 14.3. The first-order valence-corrected chi connectivity index (χ1v) is 11.7. The Hall–Kier alpha value is -2.14. The molecule has 0 spiro atoms. The minimum atomic E-state index is -3.17. The molecule has 0 saturated carbocycles. The van der Waals surface area contributed by atoms with Gasteiger partial charge in [0.2, 0.25) is 5.91 Å². The Kier molecular flexibility index (Phi) is 11.5. The van der Waals surface area contributed by atoms with Crippen LogP contribution in [0.1, 0.15) is 17.5 Å². The van der Waals surface area contributed by atoms with Gasteiger partial charge in [0, 0.05) is 46.4 Å². The summed E-state index contributed by atoms with van der Waals surface area (Å²) in [5.74, 6) is 0.689. The number of rotatable bonds is 9. The van der Waals surface area contributed by atoms with Gasteiger partial charge < -0.3 is 15.5 Å². The van der Waals surface area contributed by atoms with Gasteiger partial charge in [0.25, 0.3) is 0 Å². The number of aliphatic imine (C=N–C) groups is 1. The van der Waals surface area contributed by atoms with E-state index in [0.29, 0.717) is 36.9 Å². The number of sulfone groups is 1. The van der Waals surface area contributed by atoms with Gasteiger partial charge >= 0.3 is 0 Å². The van der Waals surface area contributed by atoms with Gasteiger partial charge in [-0.2, -0.15) is 0 Å². The van der Waals surface area contributed by atoms with Crippen molar-refractivity contribution in [3.8, 4) is 0 Å². The fraction of sp³-hybridized carbons (Fsp3) is 0.364. The number of carbonyl (C=O) groups is 1. The molecule has 0 saturated heterocycles. The van der Waals surface area contributed by atoms with E-state index in [9.17, 15) is 13.2 Å². The molecule has 0 bridgehead atoms. The lowest BCUT2D eigenvalue weighted by Gasteiger charge is -2.18. The molecule has 1 amide bonds. The van der Waals surface area contributed by atoms with Crippen molar-refractivity contribution in [1.29, 1.82) is 0 Å². The van der Waals surface area contributed by atoms with Gasteiger partial charge in [-0.05, 0) is 29.7 Å². The van der Waals surface area contributed by atoms with Crippen LogP contribution in [-0.4, -0.2) is 58.6 Å². The maximum absolute atomic E-state index is 12.3. The molecule has 0 fully saturated rings. The van der Waals surface area contributed by atoms with Crippen LogP contribution >= 0.6 is 24.0 Å². The zero-order valence-corrected chi connectivity index (χ0v) is 21.3. The van der Waals surface area contributed by atoms with Crippen LogP contribution in [0.5, 0.6) is 0 Å². The molecule has 0 aromatic heterocycles. The van der Waals surface area contributed by atoms with E-state index in [0.717, 1.165) is 17.5 Å². The fourth-order valence-corrected chi connectivity index (χ4v) is 3.50. The van der Waals surface area contributed by atoms with Crippen LogP contribution in [0.4, 0.5) is 0 Å². The van der Waals surface area contributed by atoms with E-state index in [1.165, 1.54) is 6.26 Å². The Balaban J connectivity index is 0.00000480. The van der Waals surface area contributed by atoms with Crippen molar-refractivity contribution in [1.82, 2.24) is 15.5 Å². The van der Waals surface area contributed by atoms with Crippen molar-refractivity contribution < 1.29 is 13.2 Å². The van der Waals surface area contributed by atoms with E-state index >= 15 is 0 Å². The van der Waals surface area contributed by atoms with E-state index in [1.807, 2.05) is 42.5 Å². The van der Waals surface area contributed by atoms with Gasteiger partial charge in [0.15, 0.2) is 15.8 Å². The molecule has 2 N–H and O–H groups in total. The summed E-state index contributed by atoms with van der Waals surface area (Å²) in [6.07, 6.45) is 2.30. The number of amides is 1. The topological polar surface area (TPSA) is 90.9 Å². The third-order valence-corrected chi connectivity index (χ3v) is 5.73. The number of nitrogens with one attached hydrogen (secondary N) is 2. The lowest BCUT2D eigenvalue weighted by Crippen LogP contribution is -2.40. The smallest absolute Gasteiger partial charge is 0.224 e. The lowest BCUT2D eigenvalue weighted by molar-refractivity contribution is -0.130. The van der Waals surface area contributed by atoms with E-state index in [4.69, 9.17) is 0 Å². The van der Waals surface area contributed by atoms with Gasteiger partial charge in [-0.3, -0.25) is 9.79 Å².